The van der Waals surface area contributed by atoms with Gasteiger partial charge in [-0.1, -0.05) is 59.7 Å². The number of nitrogens with one attached hydrogen (secondary N) is 1. The van der Waals surface area contributed by atoms with E-state index in [1.54, 1.807) is 19.0 Å². The minimum Gasteiger partial charge on any atom is -0.390 e. The first-order valence-electron chi connectivity index (χ1n) is 30.9. The van der Waals surface area contributed by atoms with Gasteiger partial charge in [-0.2, -0.15) is 8.42 Å². The summed E-state index contributed by atoms with van der Waals surface area (Å²) in [7, 11) is -1.01. The molecule has 13 heterocycles. The van der Waals surface area contributed by atoms with Gasteiger partial charge in [0.05, 0.1) is 57.6 Å². The molecule has 22 nitrogen and oxygen atoms in total. The van der Waals surface area contributed by atoms with Crippen LogP contribution in [0.4, 0.5) is 34.5 Å². The van der Waals surface area contributed by atoms with Crippen LogP contribution in [-0.4, -0.2) is 166 Å². The van der Waals surface area contributed by atoms with Crippen LogP contribution >= 0.6 is 23.2 Å². The number of sulfonamides is 1. The molecule has 4 saturated heterocycles. The first-order valence-corrected chi connectivity index (χ1v) is 34.2. The van der Waals surface area contributed by atoms with Crippen molar-refractivity contribution in [3.8, 4) is 0 Å². The second-order valence-electron chi connectivity index (χ2n) is 26.2. The summed E-state index contributed by atoms with van der Waals surface area (Å²) in [5.74, 6) is 3.32. The molecule has 0 radical (unpaired) electrons. The number of aliphatic hydroxyl groups is 1. The fourth-order valence-corrected chi connectivity index (χ4v) is 15.9. The molecule has 10 aliphatic rings. The molecule has 0 unspecified atom stereocenters. The molecule has 4 fully saturated rings. The first-order chi connectivity index (χ1) is 43.1. The second-order valence-corrected chi connectivity index (χ2v) is 28.9. The first kappa shape index (κ1) is 61.8. The van der Waals surface area contributed by atoms with Crippen molar-refractivity contribution in [3.05, 3.63) is 139 Å². The van der Waals surface area contributed by atoms with Crippen LogP contribution in [0, 0.1) is 5.92 Å². The molecule has 90 heavy (non-hydrogen) atoms. The Morgan fingerprint density at radius 3 is 1.50 bits per heavy atom. The summed E-state index contributed by atoms with van der Waals surface area (Å²) in [6.45, 7) is 19.1. The average Bonchev–Trinajstić information content (AvgIpc) is 0.829. The normalized spacial score (nSPS) is 21.6. The molecule has 1 spiro atoms. The molecule has 3 atom stereocenters. The minimum absolute atomic E-state index is 0.0864. The van der Waals surface area contributed by atoms with Crippen molar-refractivity contribution in [2.24, 2.45) is 5.92 Å². The lowest BCUT2D eigenvalue weighted by molar-refractivity contribution is 0.00431. The van der Waals surface area contributed by atoms with Gasteiger partial charge >= 0.3 is 11.6 Å². The summed E-state index contributed by atoms with van der Waals surface area (Å²) in [6.07, 6.45) is 27.7. The van der Waals surface area contributed by atoms with Crippen LogP contribution in [0.5, 0.6) is 0 Å². The summed E-state index contributed by atoms with van der Waals surface area (Å²) in [5.41, 5.74) is 17.0. The zero-order valence-corrected chi connectivity index (χ0v) is 54.9. The van der Waals surface area contributed by atoms with Gasteiger partial charge in [0.25, 0.3) is 0 Å². The number of nitrogens with zero attached hydrogens (tertiary/aromatic N) is 16. The number of likely N-dealkylation sites (N-methyl/N-ethyl adjacent to an activating group) is 1. The predicted molar refractivity (Wildman–Crippen MR) is 352 cm³/mol. The highest BCUT2D eigenvalue weighted by molar-refractivity contribution is 7.88. The molecule has 26 heteroatoms. The van der Waals surface area contributed by atoms with Gasteiger partial charge in [-0.15, -0.1) is 0 Å². The Hall–Kier alpha value is -7.06. The van der Waals surface area contributed by atoms with E-state index in [1.807, 2.05) is 32.2 Å². The molecule has 6 aromatic heterocycles. The molecule has 0 saturated carbocycles. The SMILES string of the molecule is C[C@@H]1Cc2ncnc(N3CC(C(C)(C)O)C3)c2CN1c1cc(Cl)nc2c1C=CC2.C[C@@H]1Cc2ncnc(N3CC(NS(C)(=O)=O)C3)c2CN1c1cc(Cl)nc2c1C=CC2.C[C@@H]1Cc2ncnc(N3CCC34CN(C)C4)c2CN1c1ccnc2c1C=CC2.O=S=O. The third-order valence-corrected chi connectivity index (χ3v) is 20.7. The van der Waals surface area contributed by atoms with Crippen LogP contribution in [0.3, 0.4) is 0 Å². The Morgan fingerprint density at radius 2 is 1.06 bits per heavy atom. The van der Waals surface area contributed by atoms with E-state index < -0.39 is 27.2 Å². The zero-order chi connectivity index (χ0) is 63.0. The van der Waals surface area contributed by atoms with E-state index in [0.29, 0.717) is 47.6 Å². The van der Waals surface area contributed by atoms with Crippen molar-refractivity contribution in [1.82, 2.24) is 54.5 Å². The lowest BCUT2D eigenvalue weighted by atomic mass is 9.77. The standard InChI is InChI=1S/C22H26ClN5O.C22H26N6.C20H23ClN6O2S.O2S/c1-13-7-18-16(21(25-12-24-18)27-9-14(10-27)22(2,3)29)11-28(13)19-8-20(23)26-17-6-4-5-15(17)19;1-15-10-19-17(11-27(15)20-6-8-23-18-5-3-4-16(18)20)21(25-14-24-19)28-9-7-22(28)12-26(2)13-22;1-12-6-17-15(10-27(12)18-7-19(21)24-16-5-3-4-14(16)18)20(23-11-22-17)26-8-13(9-26)25-30(2,28)29;1-3-2/h4-5,8,12-14,29H,6-7,9-11H2,1-3H3;3-4,6,8,14-15H,5,7,9-13H2,1-2H3;3-4,7,11-13,25H,5-6,8-10H2,1-2H3;/t13-;15-;12-;/m111./s1. The number of anilines is 6. The van der Waals surface area contributed by atoms with Crippen LogP contribution in [0.15, 0.2) is 61.6 Å². The number of rotatable bonds is 9. The predicted octanol–water partition coefficient (Wildman–Crippen LogP) is 6.65. The second kappa shape index (κ2) is 24.5. The van der Waals surface area contributed by atoms with E-state index in [1.165, 1.54) is 57.8 Å². The number of halogens is 2. The maximum atomic E-state index is 11.5. The van der Waals surface area contributed by atoms with Crippen molar-refractivity contribution >= 4 is 97.5 Å². The van der Waals surface area contributed by atoms with E-state index in [9.17, 15) is 13.5 Å². The molecule has 2 N–H and O–H groups in total. The molecule has 472 valence electrons. The minimum atomic E-state index is -3.21. The Labute approximate surface area is 539 Å². The largest absolute Gasteiger partial charge is 0.390 e. The van der Waals surface area contributed by atoms with Gasteiger partial charge in [-0.3, -0.25) is 4.98 Å². The molecule has 0 bridgehead atoms. The number of likely N-dealkylation sites (tertiary alicyclic amines) is 1. The van der Waals surface area contributed by atoms with E-state index in [2.05, 4.69) is 149 Å². The van der Waals surface area contributed by atoms with Gasteiger partial charge in [-0.25, -0.2) is 53.0 Å². The third kappa shape index (κ3) is 12.0. The Kier molecular flexibility index (Phi) is 16.8. The fraction of sp³-hybridized carbons (Fsp3) is 0.484. The zero-order valence-electron chi connectivity index (χ0n) is 51.7. The van der Waals surface area contributed by atoms with Crippen molar-refractivity contribution < 1.29 is 21.9 Å². The smallest absolute Gasteiger partial charge is 0.335 e. The van der Waals surface area contributed by atoms with Crippen LogP contribution in [0.1, 0.15) is 109 Å². The Bertz CT molecular complexity index is 4030. The molecule has 16 rings (SSSR count). The van der Waals surface area contributed by atoms with Crippen LogP contribution < -0.4 is 34.1 Å². The quantitative estimate of drug-likeness (QED) is 0.144. The molecular formula is C64H75Cl2N17O5S2. The number of allylic oxidation sites excluding steroid dienone is 3. The third-order valence-electron chi connectivity index (χ3n) is 19.5. The lowest BCUT2D eigenvalue weighted by Crippen LogP contribution is -2.76. The van der Waals surface area contributed by atoms with Crippen molar-refractivity contribution in [2.45, 2.75) is 135 Å². The number of fused-ring (bicyclic) bond motifs is 6. The van der Waals surface area contributed by atoms with E-state index in [-0.39, 0.29) is 18.0 Å². The maximum absolute atomic E-state index is 11.5. The highest BCUT2D eigenvalue weighted by Gasteiger charge is 2.53. The van der Waals surface area contributed by atoms with E-state index >= 15 is 0 Å². The van der Waals surface area contributed by atoms with Gasteiger partial charge in [0.2, 0.25) is 10.0 Å². The van der Waals surface area contributed by atoms with Gasteiger partial charge in [-0.05, 0) is 66.3 Å². The Balaban J connectivity index is 0.000000121. The summed E-state index contributed by atoms with van der Waals surface area (Å²) in [6, 6.07) is 6.99. The summed E-state index contributed by atoms with van der Waals surface area (Å²) >= 11 is 11.9. The molecule has 6 aromatic rings. The highest BCUT2D eigenvalue weighted by Crippen LogP contribution is 2.46. The van der Waals surface area contributed by atoms with E-state index in [0.717, 1.165) is 141 Å². The topological polar surface area (TPSA) is 239 Å². The van der Waals surface area contributed by atoms with Gasteiger partial charge in [0, 0.05) is 185 Å². The van der Waals surface area contributed by atoms with Gasteiger partial charge < -0.3 is 39.4 Å². The molecule has 7 aliphatic heterocycles. The van der Waals surface area contributed by atoms with Crippen LogP contribution in [0.25, 0.3) is 18.2 Å². The number of pyridine rings is 3. The lowest BCUT2D eigenvalue weighted by Gasteiger charge is -2.62. The van der Waals surface area contributed by atoms with Crippen molar-refractivity contribution in [3.63, 3.8) is 0 Å². The number of hydrogen-bond donors (Lipinski definition) is 2. The number of aromatic nitrogens is 9. The summed E-state index contributed by atoms with van der Waals surface area (Å²) in [4.78, 5) is 57.9. The van der Waals surface area contributed by atoms with Crippen molar-refractivity contribution in [2.75, 3.05) is 88.5 Å². The van der Waals surface area contributed by atoms with Crippen LogP contribution in [0.2, 0.25) is 10.3 Å². The molecular weight excluding hydrogens is 1220 g/mol. The van der Waals surface area contributed by atoms with Gasteiger partial charge in [0.15, 0.2) is 0 Å². The Morgan fingerprint density at radius 1 is 0.622 bits per heavy atom. The summed E-state index contributed by atoms with van der Waals surface area (Å²) in [5, 5.41) is 11.3. The highest BCUT2D eigenvalue weighted by atomic mass is 35.5. The van der Waals surface area contributed by atoms with Crippen molar-refractivity contribution in [1.29, 1.82) is 0 Å². The fourth-order valence-electron chi connectivity index (χ4n) is 14.7. The van der Waals surface area contributed by atoms with Crippen LogP contribution in [-0.2, 0) is 79.8 Å². The molecule has 3 aliphatic carbocycles. The average molecular weight is 1300 g/mol. The van der Waals surface area contributed by atoms with Gasteiger partial charge in [0.1, 0.15) is 46.7 Å². The molecule has 0 aromatic carbocycles. The molecule has 0 amide bonds. The monoisotopic (exact) mass is 1300 g/mol. The maximum Gasteiger partial charge on any atom is 0.335 e. The van der Waals surface area contributed by atoms with E-state index in [4.69, 9.17) is 36.6 Å². The summed E-state index contributed by atoms with van der Waals surface area (Å²) < 4.78 is 42.2. The number of hydrogen-bond acceptors (Lipinski definition) is 21.